The molecule has 3 aromatic rings. The Bertz CT molecular complexity index is 786. The summed E-state index contributed by atoms with van der Waals surface area (Å²) in [5, 5.41) is 11.3. The molecule has 1 nitrogen and oxygen atoms in total. The van der Waals surface area contributed by atoms with Crippen LogP contribution in [0.15, 0.2) is 78.9 Å². The standard InChI is InChI=1S/C19H14F2O/c20-16-10-6-9-15(13-16)19(22,14-7-2-1-3-8-14)17-11-4-5-12-18(17)21/h1-13,22H. The summed E-state index contributed by atoms with van der Waals surface area (Å²) in [4.78, 5) is 0. The Labute approximate surface area is 127 Å². The van der Waals surface area contributed by atoms with Gasteiger partial charge in [0, 0.05) is 5.56 Å². The van der Waals surface area contributed by atoms with E-state index in [0.717, 1.165) is 0 Å². The molecular formula is C19H14F2O. The van der Waals surface area contributed by atoms with Crippen molar-refractivity contribution in [1.29, 1.82) is 0 Å². The lowest BCUT2D eigenvalue weighted by molar-refractivity contribution is 0.121. The largest absolute Gasteiger partial charge is 0.376 e. The van der Waals surface area contributed by atoms with Gasteiger partial charge in [0.2, 0.25) is 0 Å². The second-order valence-corrected chi connectivity index (χ2v) is 5.07. The Hall–Kier alpha value is -2.52. The second kappa shape index (κ2) is 5.70. The molecule has 0 aliphatic carbocycles. The van der Waals surface area contributed by atoms with Crippen molar-refractivity contribution in [2.45, 2.75) is 5.60 Å². The average molecular weight is 296 g/mol. The lowest BCUT2D eigenvalue weighted by Gasteiger charge is -2.30. The first-order valence-electron chi connectivity index (χ1n) is 6.91. The first kappa shape index (κ1) is 14.4. The topological polar surface area (TPSA) is 20.2 Å². The van der Waals surface area contributed by atoms with Crippen LogP contribution in [0.5, 0.6) is 0 Å². The highest BCUT2D eigenvalue weighted by molar-refractivity contribution is 5.47. The monoisotopic (exact) mass is 296 g/mol. The summed E-state index contributed by atoms with van der Waals surface area (Å²) in [5.74, 6) is -1.03. The van der Waals surface area contributed by atoms with E-state index in [-0.39, 0.29) is 11.1 Å². The number of aliphatic hydroxyl groups is 1. The van der Waals surface area contributed by atoms with Crippen LogP contribution >= 0.6 is 0 Å². The predicted molar refractivity (Wildman–Crippen MR) is 81.3 cm³/mol. The smallest absolute Gasteiger partial charge is 0.143 e. The molecule has 110 valence electrons. The van der Waals surface area contributed by atoms with E-state index >= 15 is 0 Å². The van der Waals surface area contributed by atoms with E-state index in [1.807, 2.05) is 0 Å². The molecule has 0 amide bonds. The molecular weight excluding hydrogens is 282 g/mol. The molecule has 0 radical (unpaired) electrons. The molecule has 1 atom stereocenters. The van der Waals surface area contributed by atoms with Gasteiger partial charge in [-0.05, 0) is 29.3 Å². The summed E-state index contributed by atoms with van der Waals surface area (Å²) in [6, 6.07) is 20.3. The van der Waals surface area contributed by atoms with Crippen LogP contribution < -0.4 is 0 Å². The molecule has 0 bridgehead atoms. The lowest BCUT2D eigenvalue weighted by Crippen LogP contribution is -2.30. The van der Waals surface area contributed by atoms with E-state index in [1.54, 1.807) is 48.5 Å². The van der Waals surface area contributed by atoms with Gasteiger partial charge in [-0.25, -0.2) is 8.78 Å². The fourth-order valence-corrected chi connectivity index (χ4v) is 2.63. The van der Waals surface area contributed by atoms with E-state index in [0.29, 0.717) is 5.56 Å². The van der Waals surface area contributed by atoms with Crippen molar-refractivity contribution in [3.63, 3.8) is 0 Å². The zero-order valence-electron chi connectivity index (χ0n) is 11.7. The quantitative estimate of drug-likeness (QED) is 0.716. The molecule has 0 spiro atoms. The number of hydrogen-bond donors (Lipinski definition) is 1. The van der Waals surface area contributed by atoms with Gasteiger partial charge in [0.15, 0.2) is 0 Å². The molecule has 0 saturated heterocycles. The summed E-state index contributed by atoms with van der Waals surface area (Å²) < 4.78 is 27.9. The molecule has 3 heteroatoms. The maximum atomic E-state index is 14.3. The third-order valence-corrected chi connectivity index (χ3v) is 3.70. The van der Waals surface area contributed by atoms with Crippen molar-refractivity contribution in [3.8, 4) is 0 Å². The number of halogens is 2. The van der Waals surface area contributed by atoms with Crippen LogP contribution in [0, 0.1) is 11.6 Å². The lowest BCUT2D eigenvalue weighted by atomic mass is 9.80. The van der Waals surface area contributed by atoms with Gasteiger partial charge in [-0.15, -0.1) is 0 Å². The molecule has 3 rings (SSSR count). The molecule has 0 aliphatic rings. The van der Waals surface area contributed by atoms with Gasteiger partial charge in [0.25, 0.3) is 0 Å². The van der Waals surface area contributed by atoms with Gasteiger partial charge < -0.3 is 5.11 Å². The Morgan fingerprint density at radius 3 is 2.00 bits per heavy atom. The van der Waals surface area contributed by atoms with Crippen LogP contribution in [0.1, 0.15) is 16.7 Å². The summed E-state index contributed by atoms with van der Waals surface area (Å²) >= 11 is 0. The van der Waals surface area contributed by atoms with Crippen molar-refractivity contribution in [2.75, 3.05) is 0 Å². The maximum absolute atomic E-state index is 14.3. The molecule has 0 saturated carbocycles. The summed E-state index contributed by atoms with van der Waals surface area (Å²) in [6.07, 6.45) is 0. The highest BCUT2D eigenvalue weighted by Gasteiger charge is 2.36. The van der Waals surface area contributed by atoms with E-state index in [1.165, 1.54) is 30.3 Å². The maximum Gasteiger partial charge on any atom is 0.143 e. The van der Waals surface area contributed by atoms with Crippen LogP contribution in [0.4, 0.5) is 8.78 Å². The van der Waals surface area contributed by atoms with Crippen molar-refractivity contribution in [3.05, 3.63) is 107 Å². The fourth-order valence-electron chi connectivity index (χ4n) is 2.63. The normalized spacial score (nSPS) is 13.6. The Morgan fingerprint density at radius 2 is 1.32 bits per heavy atom. The summed E-state index contributed by atoms with van der Waals surface area (Å²) in [5.41, 5.74) is -0.907. The Morgan fingerprint density at radius 1 is 0.682 bits per heavy atom. The third-order valence-electron chi connectivity index (χ3n) is 3.70. The first-order chi connectivity index (χ1) is 10.6. The van der Waals surface area contributed by atoms with Crippen LogP contribution in [0.25, 0.3) is 0 Å². The van der Waals surface area contributed by atoms with Gasteiger partial charge >= 0.3 is 0 Å². The minimum atomic E-state index is -1.76. The highest BCUT2D eigenvalue weighted by atomic mass is 19.1. The number of benzene rings is 3. The molecule has 0 aliphatic heterocycles. The van der Waals surface area contributed by atoms with E-state index in [9.17, 15) is 13.9 Å². The Balaban J connectivity index is 2.30. The minimum absolute atomic E-state index is 0.0896. The van der Waals surface area contributed by atoms with Crippen molar-refractivity contribution < 1.29 is 13.9 Å². The summed E-state index contributed by atoms with van der Waals surface area (Å²) in [6.45, 7) is 0. The zero-order chi connectivity index (χ0) is 15.6. The van der Waals surface area contributed by atoms with Crippen LogP contribution in [0.3, 0.4) is 0 Å². The molecule has 1 unspecified atom stereocenters. The van der Waals surface area contributed by atoms with Gasteiger partial charge in [-0.3, -0.25) is 0 Å². The molecule has 0 aromatic heterocycles. The van der Waals surface area contributed by atoms with E-state index < -0.39 is 17.2 Å². The zero-order valence-corrected chi connectivity index (χ0v) is 11.7. The fraction of sp³-hybridized carbons (Fsp3) is 0.0526. The first-order valence-corrected chi connectivity index (χ1v) is 6.91. The SMILES string of the molecule is OC(c1ccccc1)(c1cccc(F)c1)c1ccccc1F. The van der Waals surface area contributed by atoms with Crippen LogP contribution in [-0.2, 0) is 5.60 Å². The van der Waals surface area contributed by atoms with Gasteiger partial charge in [-0.2, -0.15) is 0 Å². The molecule has 0 fully saturated rings. The van der Waals surface area contributed by atoms with Crippen molar-refractivity contribution in [2.24, 2.45) is 0 Å². The predicted octanol–water partition coefficient (Wildman–Crippen LogP) is 4.25. The van der Waals surface area contributed by atoms with Gasteiger partial charge in [0.05, 0.1) is 0 Å². The van der Waals surface area contributed by atoms with Crippen molar-refractivity contribution in [1.82, 2.24) is 0 Å². The average Bonchev–Trinajstić information content (AvgIpc) is 2.55. The van der Waals surface area contributed by atoms with Gasteiger partial charge in [0.1, 0.15) is 17.2 Å². The van der Waals surface area contributed by atoms with Crippen LogP contribution in [0.2, 0.25) is 0 Å². The third kappa shape index (κ3) is 2.40. The van der Waals surface area contributed by atoms with E-state index in [2.05, 4.69) is 0 Å². The molecule has 22 heavy (non-hydrogen) atoms. The highest BCUT2D eigenvalue weighted by Crippen LogP contribution is 2.37. The summed E-state index contributed by atoms with van der Waals surface area (Å²) in [7, 11) is 0. The second-order valence-electron chi connectivity index (χ2n) is 5.07. The minimum Gasteiger partial charge on any atom is -0.376 e. The van der Waals surface area contributed by atoms with E-state index in [4.69, 9.17) is 0 Å². The Kier molecular flexibility index (Phi) is 3.73. The number of hydrogen-bond acceptors (Lipinski definition) is 1. The molecule has 0 heterocycles. The number of rotatable bonds is 3. The van der Waals surface area contributed by atoms with Gasteiger partial charge in [-0.1, -0.05) is 60.7 Å². The molecule has 1 N–H and O–H groups in total. The van der Waals surface area contributed by atoms with Crippen LogP contribution in [-0.4, -0.2) is 5.11 Å². The van der Waals surface area contributed by atoms with Crippen molar-refractivity contribution >= 4 is 0 Å². The molecule has 3 aromatic carbocycles.